The van der Waals surface area contributed by atoms with Crippen molar-refractivity contribution in [1.82, 2.24) is 0 Å². The number of carbonyl (C=O) groups is 2. The summed E-state index contributed by atoms with van der Waals surface area (Å²) < 4.78 is 23.6. The maximum atomic E-state index is 13.5. The average Bonchev–Trinajstić information content (AvgIpc) is 3.54. The SMILES string of the molecule is O=C(O[C@@H]1Cc2c(O)cc(O)cc2O[C@@H]1c1cc(O)c(O)c2c1[C@@H]1C([C@H]3Oc4cc(O)cc(O)c4C[C@H]3O)=CC(=O)[C@]1(O)O2)c1cc(O)c(O)c(O)c1. The molecule has 1 aliphatic carbocycles. The van der Waals surface area contributed by atoms with Gasteiger partial charge in [0.15, 0.2) is 34.9 Å². The third kappa shape index (κ3) is 5.00. The second-order valence-corrected chi connectivity index (χ2v) is 13.1. The lowest BCUT2D eigenvalue weighted by Crippen LogP contribution is -2.45. The lowest BCUT2D eigenvalue weighted by molar-refractivity contribution is -0.163. The molecule has 274 valence electrons. The summed E-state index contributed by atoms with van der Waals surface area (Å²) in [4.78, 5) is 27.0. The molecular formula is C36H28O17. The van der Waals surface area contributed by atoms with Crippen LogP contribution >= 0.6 is 0 Å². The summed E-state index contributed by atoms with van der Waals surface area (Å²) in [5.74, 6) is -13.3. The van der Waals surface area contributed by atoms with Gasteiger partial charge in [-0.05, 0) is 29.8 Å². The van der Waals surface area contributed by atoms with Crippen LogP contribution in [0.5, 0.6) is 69.0 Å². The molecular weight excluding hydrogens is 704 g/mol. The van der Waals surface area contributed by atoms with Gasteiger partial charge in [0.25, 0.3) is 5.79 Å². The average molecular weight is 733 g/mol. The number of esters is 1. The first-order chi connectivity index (χ1) is 25.0. The van der Waals surface area contributed by atoms with Crippen LogP contribution in [0.2, 0.25) is 0 Å². The van der Waals surface area contributed by atoms with Gasteiger partial charge < -0.3 is 75.1 Å². The van der Waals surface area contributed by atoms with Crippen LogP contribution in [0.1, 0.15) is 44.6 Å². The van der Waals surface area contributed by atoms with Gasteiger partial charge in [-0.2, -0.15) is 0 Å². The highest BCUT2D eigenvalue weighted by molar-refractivity contribution is 6.03. The molecule has 11 N–H and O–H groups in total. The molecule has 4 aliphatic rings. The second kappa shape index (κ2) is 11.4. The van der Waals surface area contributed by atoms with E-state index in [1.807, 2.05) is 0 Å². The van der Waals surface area contributed by atoms with Gasteiger partial charge in [0.05, 0.1) is 17.6 Å². The fourth-order valence-corrected chi connectivity index (χ4v) is 7.38. The van der Waals surface area contributed by atoms with E-state index in [9.17, 15) is 65.8 Å². The van der Waals surface area contributed by atoms with Gasteiger partial charge in [-0.25, -0.2) is 4.79 Å². The maximum absolute atomic E-state index is 13.5. The Morgan fingerprint density at radius 1 is 0.717 bits per heavy atom. The number of fused-ring (bicyclic) bond motifs is 5. The summed E-state index contributed by atoms with van der Waals surface area (Å²) >= 11 is 0. The van der Waals surface area contributed by atoms with Gasteiger partial charge in [0.2, 0.25) is 11.5 Å². The lowest BCUT2D eigenvalue weighted by Gasteiger charge is -2.36. The normalized spacial score (nSPS) is 25.1. The Bertz CT molecular complexity index is 2290. The van der Waals surface area contributed by atoms with E-state index in [0.29, 0.717) is 0 Å². The molecule has 3 heterocycles. The van der Waals surface area contributed by atoms with Gasteiger partial charge in [-0.1, -0.05) is 0 Å². The Hall–Kier alpha value is -6.72. The number of carbonyl (C=O) groups excluding carboxylic acids is 2. The zero-order chi connectivity index (χ0) is 37.8. The Labute approximate surface area is 296 Å². The van der Waals surface area contributed by atoms with Crippen LogP contribution in [-0.4, -0.2) is 92.0 Å². The van der Waals surface area contributed by atoms with Crippen LogP contribution in [-0.2, 0) is 22.4 Å². The van der Waals surface area contributed by atoms with E-state index in [0.717, 1.165) is 42.5 Å². The monoisotopic (exact) mass is 732 g/mol. The van der Waals surface area contributed by atoms with Crippen LogP contribution in [0.25, 0.3) is 0 Å². The number of phenols is 9. The van der Waals surface area contributed by atoms with Crippen LogP contribution in [0.3, 0.4) is 0 Å². The van der Waals surface area contributed by atoms with Crippen molar-refractivity contribution in [1.29, 1.82) is 0 Å². The van der Waals surface area contributed by atoms with Crippen LogP contribution in [0.15, 0.2) is 54.1 Å². The van der Waals surface area contributed by atoms with E-state index in [-0.39, 0.29) is 63.7 Å². The highest BCUT2D eigenvalue weighted by Crippen LogP contribution is 2.61. The van der Waals surface area contributed by atoms with Gasteiger partial charge in [0.1, 0.15) is 46.7 Å². The molecule has 6 atom stereocenters. The molecule has 0 fully saturated rings. The maximum Gasteiger partial charge on any atom is 0.338 e. The number of aliphatic hydroxyl groups is 2. The van der Waals surface area contributed by atoms with E-state index < -0.39 is 99.4 Å². The van der Waals surface area contributed by atoms with E-state index in [2.05, 4.69) is 0 Å². The third-order valence-electron chi connectivity index (χ3n) is 9.78. The van der Waals surface area contributed by atoms with Gasteiger partial charge in [-0.3, -0.25) is 4.79 Å². The molecule has 0 bridgehead atoms. The molecule has 4 aromatic rings. The molecule has 0 spiro atoms. The van der Waals surface area contributed by atoms with Gasteiger partial charge in [-0.15, -0.1) is 0 Å². The third-order valence-corrected chi connectivity index (χ3v) is 9.78. The Kier molecular flexibility index (Phi) is 7.18. The molecule has 0 aromatic heterocycles. The predicted molar refractivity (Wildman–Crippen MR) is 173 cm³/mol. The zero-order valence-electron chi connectivity index (χ0n) is 26.8. The van der Waals surface area contributed by atoms with Crippen molar-refractivity contribution in [3.63, 3.8) is 0 Å². The van der Waals surface area contributed by atoms with Crippen molar-refractivity contribution in [2.75, 3.05) is 0 Å². The first kappa shape index (κ1) is 33.4. The first-order valence-electron chi connectivity index (χ1n) is 15.9. The molecule has 17 nitrogen and oxygen atoms in total. The summed E-state index contributed by atoms with van der Waals surface area (Å²) in [6.45, 7) is 0. The first-order valence-corrected chi connectivity index (χ1v) is 15.9. The van der Waals surface area contributed by atoms with Crippen molar-refractivity contribution in [3.8, 4) is 69.0 Å². The fraction of sp³-hybridized carbons (Fsp3) is 0.222. The number of rotatable bonds is 4. The summed E-state index contributed by atoms with van der Waals surface area (Å²) in [5, 5.41) is 116. The number of hydrogen-bond acceptors (Lipinski definition) is 17. The van der Waals surface area contributed by atoms with Crippen LogP contribution in [0.4, 0.5) is 0 Å². The highest BCUT2D eigenvalue weighted by Gasteiger charge is 2.63. The second-order valence-electron chi connectivity index (χ2n) is 13.1. The molecule has 4 aromatic carbocycles. The summed E-state index contributed by atoms with van der Waals surface area (Å²) in [7, 11) is 0. The van der Waals surface area contributed by atoms with Crippen molar-refractivity contribution in [3.05, 3.63) is 81.9 Å². The van der Waals surface area contributed by atoms with E-state index in [1.165, 1.54) is 6.07 Å². The van der Waals surface area contributed by atoms with E-state index in [1.54, 1.807) is 0 Å². The molecule has 8 rings (SSSR count). The number of benzene rings is 4. The number of hydrogen-bond donors (Lipinski definition) is 11. The number of aliphatic hydroxyl groups excluding tert-OH is 1. The fourth-order valence-electron chi connectivity index (χ4n) is 7.38. The van der Waals surface area contributed by atoms with Crippen LogP contribution in [0, 0.1) is 0 Å². The Morgan fingerprint density at radius 2 is 1.28 bits per heavy atom. The highest BCUT2D eigenvalue weighted by atomic mass is 16.6. The van der Waals surface area contributed by atoms with Gasteiger partial charge in [0, 0.05) is 59.4 Å². The van der Waals surface area contributed by atoms with E-state index >= 15 is 0 Å². The Balaban J connectivity index is 1.26. The molecule has 0 unspecified atom stereocenters. The van der Waals surface area contributed by atoms with E-state index in [4.69, 9.17) is 18.9 Å². The molecule has 0 radical (unpaired) electrons. The zero-order valence-corrected chi connectivity index (χ0v) is 26.8. The topological polar surface area (TPSA) is 294 Å². The molecule has 0 amide bonds. The standard InChI is InChI=1S/C36H28O17/c37-12-3-18(39)14-7-23(44)32(50-24(14)5-12)17-10-27(45)36(49)29(17)28-16(8-22(43)31(47)34(28)53-36)33-26(9-15-19(40)4-13(38)6-25(15)51-33)52-35(48)11-1-20(41)30(46)21(42)2-11/h1-6,8,10,23,26,29,32-33,37-44,46-47,49H,7,9H2/t23-,26-,29+,32-,33-,36+/m1/s1. The molecule has 3 aliphatic heterocycles. The van der Waals surface area contributed by atoms with Crippen molar-refractivity contribution in [2.45, 2.75) is 49.0 Å². The summed E-state index contributed by atoms with van der Waals surface area (Å²) in [6, 6.07) is 6.98. The minimum atomic E-state index is -2.78. The van der Waals surface area contributed by atoms with Gasteiger partial charge >= 0.3 is 5.97 Å². The summed E-state index contributed by atoms with van der Waals surface area (Å²) in [6.07, 6.45) is -5.50. The largest absolute Gasteiger partial charge is 0.508 e. The number of phenolic OH excluding ortho intramolecular Hbond substituents is 9. The number of ketones is 1. The minimum absolute atomic E-state index is 0.0420. The van der Waals surface area contributed by atoms with Crippen molar-refractivity contribution in [2.24, 2.45) is 0 Å². The molecule has 17 heteroatoms. The lowest BCUT2D eigenvalue weighted by atomic mass is 9.79. The smallest absolute Gasteiger partial charge is 0.338 e. The molecule has 0 saturated heterocycles. The predicted octanol–water partition coefficient (Wildman–Crippen LogP) is 1.98. The number of aromatic hydroxyl groups is 9. The van der Waals surface area contributed by atoms with Crippen molar-refractivity contribution < 1.29 is 84.7 Å². The Morgan fingerprint density at radius 3 is 1.91 bits per heavy atom. The van der Waals surface area contributed by atoms with Crippen molar-refractivity contribution >= 4 is 11.8 Å². The quantitative estimate of drug-likeness (QED) is 0.106. The minimum Gasteiger partial charge on any atom is -0.508 e. The number of ether oxygens (including phenoxy) is 4. The molecule has 0 saturated carbocycles. The van der Waals surface area contributed by atoms with Crippen LogP contribution < -0.4 is 14.2 Å². The molecule has 53 heavy (non-hydrogen) atoms. The summed E-state index contributed by atoms with van der Waals surface area (Å²) in [5.41, 5.74) is -0.640.